The van der Waals surface area contributed by atoms with Crippen LogP contribution >= 0.6 is 0 Å². The first-order valence-corrected chi connectivity index (χ1v) is 6.88. The molecule has 0 bridgehead atoms. The van der Waals surface area contributed by atoms with Crippen LogP contribution in [-0.2, 0) is 0 Å². The summed E-state index contributed by atoms with van der Waals surface area (Å²) in [5.74, 6) is 0.784. The molecule has 1 fully saturated rings. The fourth-order valence-corrected chi connectivity index (χ4v) is 3.62. The molecule has 0 aromatic heterocycles. The van der Waals surface area contributed by atoms with Crippen LogP contribution in [0.15, 0.2) is 11.6 Å². The number of hydrogen-bond donors (Lipinski definition) is 2. The van der Waals surface area contributed by atoms with E-state index in [-0.39, 0.29) is 17.4 Å². The maximum Gasteiger partial charge on any atom is 0.0654 e. The third-order valence-electron chi connectivity index (χ3n) is 5.06. The van der Waals surface area contributed by atoms with Gasteiger partial charge in [-0.3, -0.25) is 0 Å². The molecular formula is C15H26O2. The van der Waals surface area contributed by atoms with Gasteiger partial charge in [-0.1, -0.05) is 25.5 Å². The molecule has 2 aliphatic carbocycles. The van der Waals surface area contributed by atoms with Crippen molar-refractivity contribution >= 4 is 0 Å². The van der Waals surface area contributed by atoms with Crippen molar-refractivity contribution in [3.8, 4) is 0 Å². The Hall–Kier alpha value is -0.340. The van der Waals surface area contributed by atoms with Gasteiger partial charge in [-0.15, -0.1) is 0 Å². The van der Waals surface area contributed by atoms with Gasteiger partial charge in [0.25, 0.3) is 0 Å². The third kappa shape index (κ3) is 2.17. The van der Waals surface area contributed by atoms with Crippen LogP contribution in [0.1, 0.15) is 53.4 Å². The summed E-state index contributed by atoms with van der Waals surface area (Å²) in [5, 5.41) is 20.4. The molecule has 17 heavy (non-hydrogen) atoms. The lowest BCUT2D eigenvalue weighted by molar-refractivity contribution is -0.0157. The van der Waals surface area contributed by atoms with Gasteiger partial charge in [-0.2, -0.15) is 0 Å². The highest BCUT2D eigenvalue weighted by molar-refractivity contribution is 5.26. The van der Waals surface area contributed by atoms with Gasteiger partial charge in [0.15, 0.2) is 0 Å². The molecule has 0 spiro atoms. The van der Waals surface area contributed by atoms with E-state index in [1.807, 2.05) is 13.8 Å². The van der Waals surface area contributed by atoms with E-state index in [1.54, 1.807) is 0 Å². The number of fused-ring (bicyclic) bond motifs is 1. The Bertz CT molecular complexity index is 326. The zero-order valence-electron chi connectivity index (χ0n) is 11.5. The van der Waals surface area contributed by atoms with Crippen LogP contribution in [0.25, 0.3) is 0 Å². The van der Waals surface area contributed by atoms with E-state index in [0.29, 0.717) is 5.92 Å². The Labute approximate surface area is 105 Å². The average Bonchev–Trinajstić information content (AvgIpc) is 2.22. The van der Waals surface area contributed by atoms with Gasteiger partial charge in [0.1, 0.15) is 0 Å². The molecule has 0 aromatic carbocycles. The molecule has 0 saturated heterocycles. The third-order valence-corrected chi connectivity index (χ3v) is 5.06. The normalized spacial score (nSPS) is 42.9. The van der Waals surface area contributed by atoms with E-state index >= 15 is 0 Å². The monoisotopic (exact) mass is 238 g/mol. The lowest BCUT2D eigenvalue weighted by Gasteiger charge is -2.49. The van der Waals surface area contributed by atoms with Gasteiger partial charge in [-0.25, -0.2) is 0 Å². The van der Waals surface area contributed by atoms with E-state index in [0.717, 1.165) is 25.7 Å². The highest BCUT2D eigenvalue weighted by Crippen LogP contribution is 2.51. The largest absolute Gasteiger partial charge is 0.392 e. The Balaban J connectivity index is 2.34. The lowest BCUT2D eigenvalue weighted by atomic mass is 9.58. The zero-order chi connectivity index (χ0) is 12.8. The second-order valence-corrected chi connectivity index (χ2v) is 6.83. The Morgan fingerprint density at radius 3 is 2.53 bits per heavy atom. The maximum atomic E-state index is 10.3. The van der Waals surface area contributed by atoms with Gasteiger partial charge in [0.05, 0.1) is 11.7 Å². The predicted octanol–water partition coefficient (Wildman–Crippen LogP) is 2.89. The topological polar surface area (TPSA) is 40.5 Å². The van der Waals surface area contributed by atoms with Crippen LogP contribution in [0.2, 0.25) is 0 Å². The molecule has 2 aliphatic rings. The highest BCUT2D eigenvalue weighted by Gasteiger charge is 2.46. The minimum Gasteiger partial charge on any atom is -0.392 e. The summed E-state index contributed by atoms with van der Waals surface area (Å²) in [4.78, 5) is 0. The first-order chi connectivity index (χ1) is 7.75. The van der Waals surface area contributed by atoms with Crippen molar-refractivity contribution in [2.75, 3.05) is 0 Å². The van der Waals surface area contributed by atoms with E-state index < -0.39 is 5.60 Å². The van der Waals surface area contributed by atoms with Crippen molar-refractivity contribution in [2.24, 2.45) is 17.3 Å². The molecule has 0 radical (unpaired) electrons. The Morgan fingerprint density at radius 1 is 1.29 bits per heavy atom. The Kier molecular flexibility index (Phi) is 3.16. The second-order valence-electron chi connectivity index (χ2n) is 6.83. The molecule has 0 aliphatic heterocycles. The van der Waals surface area contributed by atoms with Crippen LogP contribution in [-0.4, -0.2) is 21.9 Å². The predicted molar refractivity (Wildman–Crippen MR) is 69.6 cm³/mol. The van der Waals surface area contributed by atoms with Crippen LogP contribution < -0.4 is 0 Å². The van der Waals surface area contributed by atoms with E-state index in [2.05, 4.69) is 19.9 Å². The minimum absolute atomic E-state index is 0.0422. The summed E-state index contributed by atoms with van der Waals surface area (Å²) in [7, 11) is 0. The first kappa shape index (κ1) is 13.1. The van der Waals surface area contributed by atoms with E-state index in [1.165, 1.54) is 5.57 Å². The van der Waals surface area contributed by atoms with Crippen molar-refractivity contribution in [3.63, 3.8) is 0 Å². The summed E-state index contributed by atoms with van der Waals surface area (Å²) in [6, 6.07) is 0. The summed E-state index contributed by atoms with van der Waals surface area (Å²) >= 11 is 0. The van der Waals surface area contributed by atoms with Gasteiger partial charge in [-0.05, 0) is 45.4 Å². The van der Waals surface area contributed by atoms with Gasteiger partial charge < -0.3 is 10.2 Å². The molecule has 98 valence electrons. The molecule has 0 aromatic rings. The molecule has 4 unspecified atom stereocenters. The second kappa shape index (κ2) is 4.10. The fourth-order valence-electron chi connectivity index (χ4n) is 3.62. The van der Waals surface area contributed by atoms with Crippen molar-refractivity contribution < 1.29 is 10.2 Å². The number of aliphatic hydroxyl groups excluding tert-OH is 1. The van der Waals surface area contributed by atoms with Crippen molar-refractivity contribution in [1.29, 1.82) is 0 Å². The summed E-state index contributed by atoms with van der Waals surface area (Å²) in [5.41, 5.74) is 0.699. The number of aliphatic hydroxyl groups is 2. The molecule has 2 heteroatoms. The maximum absolute atomic E-state index is 10.3. The van der Waals surface area contributed by atoms with E-state index in [4.69, 9.17) is 0 Å². The summed E-state index contributed by atoms with van der Waals surface area (Å²) in [6.45, 7) is 8.23. The molecule has 0 amide bonds. The number of rotatable bonds is 1. The standard InChI is InChI=1S/C15H26O2/c1-10-5-6-13(16)15(4)8-7-11(9-12(10)15)14(2,3)17/h9-11,13,16-17H,5-8H2,1-4H3. The number of hydrogen-bond acceptors (Lipinski definition) is 2. The molecule has 4 atom stereocenters. The van der Waals surface area contributed by atoms with Crippen molar-refractivity contribution in [3.05, 3.63) is 11.6 Å². The van der Waals surface area contributed by atoms with Gasteiger partial charge in [0.2, 0.25) is 0 Å². The molecule has 1 saturated carbocycles. The van der Waals surface area contributed by atoms with Crippen molar-refractivity contribution in [1.82, 2.24) is 0 Å². The molecule has 2 N–H and O–H groups in total. The van der Waals surface area contributed by atoms with Crippen LogP contribution in [0.5, 0.6) is 0 Å². The smallest absolute Gasteiger partial charge is 0.0654 e. The lowest BCUT2D eigenvalue weighted by Crippen LogP contribution is -2.45. The summed E-state index contributed by atoms with van der Waals surface area (Å²) in [6.07, 6.45) is 6.03. The first-order valence-electron chi connectivity index (χ1n) is 6.88. The molecule has 0 heterocycles. The summed E-state index contributed by atoms with van der Waals surface area (Å²) < 4.78 is 0. The zero-order valence-corrected chi connectivity index (χ0v) is 11.5. The quantitative estimate of drug-likeness (QED) is 0.690. The van der Waals surface area contributed by atoms with Gasteiger partial charge >= 0.3 is 0 Å². The fraction of sp³-hybridized carbons (Fsp3) is 0.867. The molecule has 2 rings (SSSR count). The van der Waals surface area contributed by atoms with Gasteiger partial charge in [0, 0.05) is 11.3 Å². The molecule has 2 nitrogen and oxygen atoms in total. The van der Waals surface area contributed by atoms with E-state index in [9.17, 15) is 10.2 Å². The van der Waals surface area contributed by atoms with Crippen LogP contribution in [0.4, 0.5) is 0 Å². The average molecular weight is 238 g/mol. The SMILES string of the molecule is CC1CCC(O)C2(C)CCC(C(C)(C)O)C=C12. The highest BCUT2D eigenvalue weighted by atomic mass is 16.3. The Morgan fingerprint density at radius 2 is 1.94 bits per heavy atom. The molecular weight excluding hydrogens is 212 g/mol. The minimum atomic E-state index is -0.642. The van der Waals surface area contributed by atoms with Crippen molar-refractivity contribution in [2.45, 2.75) is 65.1 Å². The van der Waals surface area contributed by atoms with Crippen LogP contribution in [0.3, 0.4) is 0 Å². The van der Waals surface area contributed by atoms with Crippen LogP contribution in [0, 0.1) is 17.3 Å².